The fourth-order valence-corrected chi connectivity index (χ4v) is 3.75. The van der Waals surface area contributed by atoms with Gasteiger partial charge in [-0.05, 0) is 18.1 Å². The lowest BCUT2D eigenvalue weighted by Crippen LogP contribution is -2.50. The number of rotatable bonds is 6. The largest absolute Gasteiger partial charge is 0.451 e. The Bertz CT molecular complexity index is 1200. The summed E-state index contributed by atoms with van der Waals surface area (Å²) in [6.07, 6.45) is 3.36. The van der Waals surface area contributed by atoms with Gasteiger partial charge in [-0.2, -0.15) is 5.10 Å². The van der Waals surface area contributed by atoms with Crippen molar-refractivity contribution in [1.29, 1.82) is 0 Å². The maximum atomic E-state index is 12.8. The molecule has 2 aromatic heterocycles. The van der Waals surface area contributed by atoms with Crippen molar-refractivity contribution in [3.05, 3.63) is 58.8 Å². The van der Waals surface area contributed by atoms with E-state index >= 15 is 0 Å². The molecule has 0 spiro atoms. The van der Waals surface area contributed by atoms with Crippen molar-refractivity contribution >= 4 is 28.6 Å². The van der Waals surface area contributed by atoms with Crippen molar-refractivity contribution in [2.24, 2.45) is 5.92 Å². The second kappa shape index (κ2) is 9.76. The predicted molar refractivity (Wildman–Crippen MR) is 122 cm³/mol. The Labute approximate surface area is 190 Å². The van der Waals surface area contributed by atoms with Crippen molar-refractivity contribution in [2.45, 2.75) is 20.4 Å². The molecule has 1 aliphatic heterocycles. The first kappa shape index (κ1) is 22.4. The van der Waals surface area contributed by atoms with Gasteiger partial charge in [0.15, 0.2) is 12.3 Å². The molecule has 10 heteroatoms. The molecule has 10 nitrogen and oxygen atoms in total. The number of fused-ring (bicyclic) bond motifs is 1. The van der Waals surface area contributed by atoms with Crippen LogP contribution >= 0.6 is 0 Å². The van der Waals surface area contributed by atoms with Gasteiger partial charge < -0.3 is 14.5 Å². The number of aromatic nitrogens is 4. The lowest BCUT2D eigenvalue weighted by Gasteiger charge is -2.34. The monoisotopic (exact) mass is 450 g/mol. The van der Waals surface area contributed by atoms with Crippen LogP contribution in [0.1, 0.15) is 24.3 Å². The molecule has 0 saturated carbocycles. The number of anilines is 1. The fourth-order valence-electron chi connectivity index (χ4n) is 3.75. The number of carbonyl (C=O) groups excluding carboxylic acids is 2. The molecule has 3 heterocycles. The molecule has 1 fully saturated rings. The number of nitrogens with zero attached hydrogens (tertiary/aromatic N) is 6. The molecule has 172 valence electrons. The maximum absolute atomic E-state index is 12.8. The lowest BCUT2D eigenvalue weighted by molar-refractivity contribution is -0.134. The molecule has 1 saturated heterocycles. The number of piperazine rings is 1. The van der Waals surface area contributed by atoms with E-state index in [1.807, 2.05) is 18.7 Å². The number of ether oxygens (including phenoxy) is 1. The Morgan fingerprint density at radius 3 is 2.33 bits per heavy atom. The summed E-state index contributed by atoms with van der Waals surface area (Å²) in [5.74, 6) is -0.211. The first-order valence-electron chi connectivity index (χ1n) is 10.9. The molecule has 0 radical (unpaired) electrons. The highest BCUT2D eigenvalue weighted by atomic mass is 16.5. The number of hydrogen-bond donors (Lipinski definition) is 0. The van der Waals surface area contributed by atoms with Crippen LogP contribution in [0, 0.1) is 5.92 Å². The van der Waals surface area contributed by atoms with Crippen LogP contribution in [0.5, 0.6) is 0 Å². The third-order valence-electron chi connectivity index (χ3n) is 5.39. The number of amides is 1. The predicted octanol–water partition coefficient (Wildman–Crippen LogP) is 1.35. The molecule has 4 rings (SSSR count). The topological polar surface area (TPSA) is 111 Å². The van der Waals surface area contributed by atoms with Crippen LogP contribution in [0.25, 0.3) is 10.8 Å². The molecule has 1 amide bonds. The minimum Gasteiger partial charge on any atom is -0.451 e. The van der Waals surface area contributed by atoms with Gasteiger partial charge in [0.1, 0.15) is 0 Å². The Morgan fingerprint density at radius 2 is 1.67 bits per heavy atom. The van der Waals surface area contributed by atoms with E-state index in [9.17, 15) is 14.4 Å². The summed E-state index contributed by atoms with van der Waals surface area (Å²) in [4.78, 5) is 50.3. The van der Waals surface area contributed by atoms with Gasteiger partial charge in [0.2, 0.25) is 5.95 Å². The van der Waals surface area contributed by atoms with E-state index in [-0.39, 0.29) is 29.7 Å². The van der Waals surface area contributed by atoms with Crippen LogP contribution in [-0.4, -0.2) is 69.3 Å². The normalized spacial score (nSPS) is 14.0. The second-order valence-electron chi connectivity index (χ2n) is 8.27. The molecule has 1 aliphatic rings. The molecule has 3 aromatic rings. The summed E-state index contributed by atoms with van der Waals surface area (Å²) < 4.78 is 6.60. The molecule has 0 N–H and O–H groups in total. The minimum absolute atomic E-state index is 0.0321. The summed E-state index contributed by atoms with van der Waals surface area (Å²) in [5.41, 5.74) is -0.225. The highest BCUT2D eigenvalue weighted by Gasteiger charge is 2.24. The first-order valence-corrected chi connectivity index (χ1v) is 10.9. The number of esters is 1. The van der Waals surface area contributed by atoms with E-state index in [1.165, 1.54) is 4.68 Å². The Balaban J connectivity index is 1.42. The third kappa shape index (κ3) is 5.00. The first-order chi connectivity index (χ1) is 15.9. The molecule has 1 aromatic carbocycles. The molecular weight excluding hydrogens is 424 g/mol. The van der Waals surface area contributed by atoms with Gasteiger partial charge in [-0.25, -0.2) is 19.4 Å². The molecule has 0 unspecified atom stereocenters. The average molecular weight is 450 g/mol. The van der Waals surface area contributed by atoms with E-state index in [0.29, 0.717) is 49.4 Å². The van der Waals surface area contributed by atoms with Gasteiger partial charge in [0.25, 0.3) is 11.5 Å². The zero-order chi connectivity index (χ0) is 23.4. The van der Waals surface area contributed by atoms with Crippen molar-refractivity contribution in [2.75, 3.05) is 37.7 Å². The Hall–Kier alpha value is -3.82. The SMILES string of the molecule is CC(C)Cn1nc(C(=O)OCC(=O)N2CCN(c3ncccn3)CC2)c2ccccc2c1=O. The Kier molecular flexibility index (Phi) is 6.62. The summed E-state index contributed by atoms with van der Waals surface area (Å²) in [5, 5.41) is 5.07. The number of carbonyl (C=O) groups is 2. The van der Waals surface area contributed by atoms with E-state index in [4.69, 9.17) is 4.74 Å². The maximum Gasteiger partial charge on any atom is 0.359 e. The highest BCUT2D eigenvalue weighted by Crippen LogP contribution is 2.15. The van der Waals surface area contributed by atoms with E-state index in [2.05, 4.69) is 15.1 Å². The van der Waals surface area contributed by atoms with Crippen molar-refractivity contribution in [3.63, 3.8) is 0 Å². The highest BCUT2D eigenvalue weighted by molar-refractivity contribution is 6.02. The van der Waals surface area contributed by atoms with Gasteiger partial charge >= 0.3 is 5.97 Å². The van der Waals surface area contributed by atoms with E-state index in [1.54, 1.807) is 47.6 Å². The quantitative estimate of drug-likeness (QED) is 0.518. The second-order valence-corrected chi connectivity index (χ2v) is 8.27. The van der Waals surface area contributed by atoms with Gasteiger partial charge in [-0.15, -0.1) is 0 Å². The van der Waals surface area contributed by atoms with Crippen LogP contribution < -0.4 is 10.5 Å². The summed E-state index contributed by atoms with van der Waals surface area (Å²) in [7, 11) is 0. The number of benzene rings is 1. The summed E-state index contributed by atoms with van der Waals surface area (Å²) in [6.45, 7) is 6.06. The fraction of sp³-hybridized carbons (Fsp3) is 0.391. The standard InChI is InChI=1S/C23H26N6O4/c1-16(2)14-29-21(31)18-7-4-3-6-17(18)20(26-29)22(32)33-15-19(30)27-10-12-28(13-11-27)23-24-8-5-9-25-23/h3-9,16H,10-15H2,1-2H3. The van der Waals surface area contributed by atoms with Crippen LogP contribution in [0.15, 0.2) is 47.5 Å². The van der Waals surface area contributed by atoms with Crippen LogP contribution in [-0.2, 0) is 16.1 Å². The molecule has 33 heavy (non-hydrogen) atoms. The van der Waals surface area contributed by atoms with Crippen molar-refractivity contribution < 1.29 is 14.3 Å². The lowest BCUT2D eigenvalue weighted by atomic mass is 10.1. The number of hydrogen-bond acceptors (Lipinski definition) is 8. The smallest absolute Gasteiger partial charge is 0.359 e. The van der Waals surface area contributed by atoms with Gasteiger partial charge in [-0.3, -0.25) is 9.59 Å². The molecule has 0 bridgehead atoms. The van der Waals surface area contributed by atoms with Gasteiger partial charge in [0, 0.05) is 50.5 Å². The van der Waals surface area contributed by atoms with Crippen molar-refractivity contribution in [1.82, 2.24) is 24.6 Å². The van der Waals surface area contributed by atoms with Gasteiger partial charge in [-0.1, -0.05) is 32.0 Å². The summed E-state index contributed by atoms with van der Waals surface area (Å²) >= 11 is 0. The minimum atomic E-state index is -0.728. The van der Waals surface area contributed by atoms with E-state index in [0.717, 1.165) is 0 Å². The molecular formula is C23H26N6O4. The van der Waals surface area contributed by atoms with Crippen LogP contribution in [0.2, 0.25) is 0 Å². The van der Waals surface area contributed by atoms with Gasteiger partial charge in [0.05, 0.1) is 5.39 Å². The van der Waals surface area contributed by atoms with Crippen molar-refractivity contribution in [3.8, 4) is 0 Å². The Morgan fingerprint density at radius 1 is 1.00 bits per heavy atom. The molecule has 0 atom stereocenters. The van der Waals surface area contributed by atoms with Crippen LogP contribution in [0.4, 0.5) is 5.95 Å². The zero-order valence-electron chi connectivity index (χ0n) is 18.7. The third-order valence-corrected chi connectivity index (χ3v) is 5.39. The summed E-state index contributed by atoms with van der Waals surface area (Å²) in [6, 6.07) is 8.54. The average Bonchev–Trinajstić information content (AvgIpc) is 2.84. The van der Waals surface area contributed by atoms with Crippen LogP contribution in [0.3, 0.4) is 0 Å². The van der Waals surface area contributed by atoms with E-state index < -0.39 is 5.97 Å². The zero-order valence-corrected chi connectivity index (χ0v) is 18.7. The molecule has 0 aliphatic carbocycles.